The van der Waals surface area contributed by atoms with Crippen LogP contribution in [-0.2, 0) is 23.9 Å². The van der Waals surface area contributed by atoms with Crippen LogP contribution >= 0.6 is 0 Å². The van der Waals surface area contributed by atoms with E-state index < -0.39 is 0 Å². The van der Waals surface area contributed by atoms with E-state index in [1.165, 1.54) is 5.57 Å². The number of ether oxygens (including phenoxy) is 2. The van der Waals surface area contributed by atoms with Crippen molar-refractivity contribution in [2.75, 3.05) is 0 Å². The van der Waals surface area contributed by atoms with Crippen LogP contribution < -0.4 is 0 Å². The van der Waals surface area contributed by atoms with E-state index >= 15 is 0 Å². The van der Waals surface area contributed by atoms with Gasteiger partial charge in [0.2, 0.25) is 0 Å². The van der Waals surface area contributed by atoms with Gasteiger partial charge < -0.3 is 9.47 Å². The topological polar surface area (TPSA) is 69.7 Å². The van der Waals surface area contributed by atoms with Crippen LogP contribution in [0.4, 0.5) is 0 Å². The highest BCUT2D eigenvalue weighted by molar-refractivity contribution is 5.91. The molecular weight excluding hydrogens is 380 g/mol. The van der Waals surface area contributed by atoms with Crippen LogP contribution in [0.15, 0.2) is 11.6 Å². The molecule has 0 amide bonds. The first-order valence-corrected chi connectivity index (χ1v) is 11.9. The van der Waals surface area contributed by atoms with Gasteiger partial charge in [0.05, 0.1) is 0 Å². The third-order valence-electron chi connectivity index (χ3n) is 9.01. The summed E-state index contributed by atoms with van der Waals surface area (Å²) in [6, 6.07) is 0. The minimum atomic E-state index is -0.182. The minimum Gasteiger partial charge on any atom is -0.462 e. The van der Waals surface area contributed by atoms with E-state index in [-0.39, 0.29) is 46.7 Å². The first-order chi connectivity index (χ1) is 14.2. The lowest BCUT2D eigenvalue weighted by Gasteiger charge is -2.59. The predicted molar refractivity (Wildman–Crippen MR) is 112 cm³/mol. The standard InChI is InChI=1S/C25H36O5/c1-5-21(27)29-19-14-15-13-16(26)9-11-24(15,3)18-10-12-25(4)17(23(18)19)7-8-20(25)30-22(28)6-2/h13,17-20,23H,5-12,14H2,1-4H3/t17-,18-,19-,20+,23-,24-,25-/m0/s1. The summed E-state index contributed by atoms with van der Waals surface area (Å²) in [5, 5.41) is 0. The summed E-state index contributed by atoms with van der Waals surface area (Å²) < 4.78 is 11.9. The van der Waals surface area contributed by atoms with Crippen molar-refractivity contribution in [3.05, 3.63) is 11.6 Å². The van der Waals surface area contributed by atoms with Gasteiger partial charge in [0.15, 0.2) is 5.78 Å². The van der Waals surface area contributed by atoms with Gasteiger partial charge in [0, 0.05) is 37.0 Å². The molecule has 166 valence electrons. The molecule has 0 aliphatic heterocycles. The lowest BCUT2D eigenvalue weighted by Crippen LogP contribution is -2.57. The molecule has 7 atom stereocenters. The Balaban J connectivity index is 1.69. The van der Waals surface area contributed by atoms with Gasteiger partial charge >= 0.3 is 11.9 Å². The zero-order valence-corrected chi connectivity index (χ0v) is 18.9. The highest BCUT2D eigenvalue weighted by Crippen LogP contribution is 2.66. The van der Waals surface area contributed by atoms with E-state index in [1.54, 1.807) is 0 Å². The Morgan fingerprint density at radius 2 is 1.70 bits per heavy atom. The normalized spacial score (nSPS) is 42.5. The zero-order valence-electron chi connectivity index (χ0n) is 18.9. The Hall–Kier alpha value is -1.65. The number of esters is 2. The van der Waals surface area contributed by atoms with Crippen molar-refractivity contribution in [1.29, 1.82) is 0 Å². The second kappa shape index (κ2) is 7.80. The number of carbonyl (C=O) groups is 3. The molecule has 0 aromatic carbocycles. The third kappa shape index (κ3) is 3.33. The summed E-state index contributed by atoms with van der Waals surface area (Å²) in [6.07, 6.45) is 8.51. The Morgan fingerprint density at radius 3 is 2.40 bits per heavy atom. The lowest BCUT2D eigenvalue weighted by molar-refractivity contribution is -0.175. The molecule has 0 heterocycles. The molecule has 0 aromatic heterocycles. The van der Waals surface area contributed by atoms with Gasteiger partial charge in [-0.2, -0.15) is 0 Å². The lowest BCUT2D eigenvalue weighted by atomic mass is 9.46. The second-order valence-corrected chi connectivity index (χ2v) is 10.4. The van der Waals surface area contributed by atoms with Crippen molar-refractivity contribution in [3.8, 4) is 0 Å². The smallest absolute Gasteiger partial charge is 0.305 e. The van der Waals surface area contributed by atoms with E-state index in [4.69, 9.17) is 9.47 Å². The molecule has 3 saturated carbocycles. The maximum absolute atomic E-state index is 12.3. The van der Waals surface area contributed by atoms with E-state index in [0.717, 1.165) is 32.1 Å². The second-order valence-electron chi connectivity index (χ2n) is 10.4. The highest BCUT2D eigenvalue weighted by atomic mass is 16.5. The van der Waals surface area contributed by atoms with Crippen molar-refractivity contribution < 1.29 is 23.9 Å². The van der Waals surface area contributed by atoms with Crippen molar-refractivity contribution in [1.82, 2.24) is 0 Å². The molecule has 0 radical (unpaired) electrons. The van der Waals surface area contributed by atoms with E-state index in [0.29, 0.717) is 37.5 Å². The van der Waals surface area contributed by atoms with Crippen LogP contribution in [0.3, 0.4) is 0 Å². The molecule has 4 aliphatic carbocycles. The largest absolute Gasteiger partial charge is 0.462 e. The number of ketones is 1. The quantitative estimate of drug-likeness (QED) is 0.617. The molecule has 3 fully saturated rings. The van der Waals surface area contributed by atoms with Crippen molar-refractivity contribution in [3.63, 3.8) is 0 Å². The summed E-state index contributed by atoms with van der Waals surface area (Å²) in [5.74, 6) is 0.957. The molecule has 0 saturated heterocycles. The van der Waals surface area contributed by atoms with Gasteiger partial charge in [0.25, 0.3) is 0 Å². The first kappa shape index (κ1) is 21.6. The average Bonchev–Trinajstić information content (AvgIpc) is 3.05. The SMILES string of the molecule is CCC(=O)O[C@H]1CC2=CC(=O)CC[C@]2(C)[C@H]2CC[C@]3(C)[C@H](OC(=O)CC)CC[C@H]3[C@H]12. The summed E-state index contributed by atoms with van der Waals surface area (Å²) in [4.78, 5) is 36.5. The molecule has 5 heteroatoms. The Bertz CT molecular complexity index is 770. The molecule has 0 bridgehead atoms. The van der Waals surface area contributed by atoms with Gasteiger partial charge in [-0.25, -0.2) is 0 Å². The van der Waals surface area contributed by atoms with Gasteiger partial charge in [-0.1, -0.05) is 33.3 Å². The molecule has 4 aliphatic rings. The van der Waals surface area contributed by atoms with Crippen LogP contribution in [0.1, 0.15) is 85.5 Å². The Labute approximate surface area is 179 Å². The fourth-order valence-electron chi connectivity index (χ4n) is 7.26. The third-order valence-corrected chi connectivity index (χ3v) is 9.01. The zero-order chi connectivity index (χ0) is 21.7. The number of hydrogen-bond donors (Lipinski definition) is 0. The predicted octanol–water partition coefficient (Wildman–Crippen LogP) is 4.77. The molecule has 0 aromatic rings. The van der Waals surface area contributed by atoms with E-state index in [1.807, 2.05) is 19.9 Å². The van der Waals surface area contributed by atoms with Gasteiger partial charge in [-0.3, -0.25) is 14.4 Å². The molecule has 5 nitrogen and oxygen atoms in total. The van der Waals surface area contributed by atoms with Crippen molar-refractivity contribution >= 4 is 17.7 Å². The monoisotopic (exact) mass is 416 g/mol. The number of rotatable bonds is 4. The van der Waals surface area contributed by atoms with Crippen LogP contribution in [0.25, 0.3) is 0 Å². The van der Waals surface area contributed by atoms with Crippen LogP contribution in [0.5, 0.6) is 0 Å². The Kier molecular flexibility index (Phi) is 5.61. The fraction of sp³-hybridized carbons (Fsp3) is 0.800. The van der Waals surface area contributed by atoms with Crippen molar-refractivity contribution in [2.24, 2.45) is 28.6 Å². The minimum absolute atomic E-state index is 0.00715. The molecule has 30 heavy (non-hydrogen) atoms. The maximum Gasteiger partial charge on any atom is 0.305 e. The highest BCUT2D eigenvalue weighted by Gasteiger charge is 2.63. The van der Waals surface area contributed by atoms with Crippen molar-refractivity contribution in [2.45, 2.75) is 97.7 Å². The summed E-state index contributed by atoms with van der Waals surface area (Å²) >= 11 is 0. The summed E-state index contributed by atoms with van der Waals surface area (Å²) in [6.45, 7) is 8.28. The number of hydrogen-bond acceptors (Lipinski definition) is 5. The van der Waals surface area contributed by atoms with E-state index in [2.05, 4.69) is 13.8 Å². The van der Waals surface area contributed by atoms with Crippen LogP contribution in [0.2, 0.25) is 0 Å². The van der Waals surface area contributed by atoms with Crippen LogP contribution in [0, 0.1) is 28.6 Å². The fourth-order valence-corrected chi connectivity index (χ4v) is 7.26. The van der Waals surface area contributed by atoms with Crippen LogP contribution in [-0.4, -0.2) is 29.9 Å². The molecule has 0 unspecified atom stereocenters. The average molecular weight is 417 g/mol. The van der Waals surface area contributed by atoms with Gasteiger partial charge in [-0.05, 0) is 55.4 Å². The maximum atomic E-state index is 12.3. The summed E-state index contributed by atoms with van der Waals surface area (Å²) in [7, 11) is 0. The Morgan fingerprint density at radius 1 is 1.00 bits per heavy atom. The van der Waals surface area contributed by atoms with E-state index in [9.17, 15) is 14.4 Å². The molecule has 4 rings (SSSR count). The number of fused-ring (bicyclic) bond motifs is 5. The van der Waals surface area contributed by atoms with Gasteiger partial charge in [0.1, 0.15) is 12.2 Å². The molecule has 0 spiro atoms. The first-order valence-electron chi connectivity index (χ1n) is 11.9. The molecular formula is C25H36O5. The van der Waals surface area contributed by atoms with Gasteiger partial charge in [-0.15, -0.1) is 0 Å². The summed E-state index contributed by atoms with van der Waals surface area (Å²) in [5.41, 5.74) is 1.13. The number of carbonyl (C=O) groups excluding carboxylic acids is 3. The molecule has 0 N–H and O–H groups in total.